The third-order valence-corrected chi connectivity index (χ3v) is 7.57. The van der Waals surface area contributed by atoms with Crippen LogP contribution in [0, 0.1) is 11.6 Å². The molecule has 1 fully saturated rings. The van der Waals surface area contributed by atoms with Gasteiger partial charge in [0, 0.05) is 22.7 Å². The van der Waals surface area contributed by atoms with E-state index >= 15 is 0 Å². The van der Waals surface area contributed by atoms with E-state index < -0.39 is 11.6 Å². The lowest BCUT2D eigenvalue weighted by molar-refractivity contribution is 0.219. The molecule has 4 heterocycles. The van der Waals surface area contributed by atoms with Crippen LogP contribution in [0.2, 0.25) is 0 Å². The zero-order chi connectivity index (χ0) is 20.0. The molecule has 1 unspecified atom stereocenters. The van der Waals surface area contributed by atoms with E-state index in [-0.39, 0.29) is 11.4 Å². The number of nitrogens with zero attached hydrogens (tertiary/aromatic N) is 3. The van der Waals surface area contributed by atoms with Crippen molar-refractivity contribution in [3.63, 3.8) is 0 Å². The number of fused-ring (bicyclic) bond motifs is 2. The standard InChI is InChI=1S/C21H20F2N4S2/c1-2-27-5-3-4-12(10-27)18-6-13-20(15(23)9-24-21(13)29-18)26-16-8-17-19(7-14(16)22)28-11-25-17/h6-9,11-12H,2-5,10H2,1H3,(H,24,26). The first kappa shape index (κ1) is 18.8. The van der Waals surface area contributed by atoms with E-state index in [9.17, 15) is 8.78 Å². The summed E-state index contributed by atoms with van der Waals surface area (Å²) in [4.78, 5) is 13.0. The Bertz CT molecular complexity index is 1190. The Morgan fingerprint density at radius 1 is 1.21 bits per heavy atom. The molecule has 1 aliphatic heterocycles. The minimum atomic E-state index is -0.488. The lowest BCUT2D eigenvalue weighted by Crippen LogP contribution is -2.33. The summed E-state index contributed by atoms with van der Waals surface area (Å²) >= 11 is 2.99. The van der Waals surface area contributed by atoms with Crippen LogP contribution in [0.3, 0.4) is 0 Å². The second-order valence-corrected chi connectivity index (χ2v) is 9.31. The summed E-state index contributed by atoms with van der Waals surface area (Å²) in [6.45, 7) is 5.37. The Kier molecular flexibility index (Phi) is 4.93. The number of halogens is 2. The van der Waals surface area contributed by atoms with Gasteiger partial charge in [0.05, 0.1) is 33.3 Å². The molecule has 4 nitrogen and oxygen atoms in total. The summed E-state index contributed by atoms with van der Waals surface area (Å²) in [5.41, 5.74) is 2.86. The summed E-state index contributed by atoms with van der Waals surface area (Å²) < 4.78 is 30.0. The number of aromatic nitrogens is 2. The first-order valence-electron chi connectivity index (χ1n) is 9.72. The topological polar surface area (TPSA) is 41.0 Å². The van der Waals surface area contributed by atoms with E-state index in [1.165, 1.54) is 34.9 Å². The molecule has 8 heteroatoms. The van der Waals surface area contributed by atoms with Gasteiger partial charge in [-0.05, 0) is 44.1 Å². The highest BCUT2D eigenvalue weighted by molar-refractivity contribution is 7.18. The number of pyridine rings is 1. The number of hydrogen-bond acceptors (Lipinski definition) is 6. The maximum atomic E-state index is 14.7. The van der Waals surface area contributed by atoms with Crippen molar-refractivity contribution in [1.29, 1.82) is 0 Å². The molecule has 3 aromatic heterocycles. The van der Waals surface area contributed by atoms with Crippen LogP contribution < -0.4 is 5.32 Å². The van der Waals surface area contributed by atoms with Crippen molar-refractivity contribution in [2.75, 3.05) is 25.0 Å². The normalized spacial score (nSPS) is 18.0. The number of nitrogens with one attached hydrogen (secondary N) is 1. The van der Waals surface area contributed by atoms with E-state index in [2.05, 4.69) is 27.1 Å². The Morgan fingerprint density at radius 3 is 2.97 bits per heavy atom. The molecule has 0 radical (unpaired) electrons. The van der Waals surface area contributed by atoms with Gasteiger partial charge in [-0.25, -0.2) is 18.7 Å². The van der Waals surface area contributed by atoms with Crippen LogP contribution in [-0.2, 0) is 0 Å². The van der Waals surface area contributed by atoms with Crippen LogP contribution in [0.4, 0.5) is 20.2 Å². The third kappa shape index (κ3) is 3.49. The van der Waals surface area contributed by atoms with Gasteiger partial charge in [-0.15, -0.1) is 22.7 Å². The zero-order valence-electron chi connectivity index (χ0n) is 15.9. The molecule has 1 aromatic carbocycles. The molecule has 5 rings (SSSR count). The summed E-state index contributed by atoms with van der Waals surface area (Å²) in [5.74, 6) is -0.479. The van der Waals surface area contributed by atoms with Crippen molar-refractivity contribution in [2.45, 2.75) is 25.7 Å². The maximum absolute atomic E-state index is 14.7. The molecule has 0 amide bonds. The van der Waals surface area contributed by atoms with E-state index in [1.54, 1.807) is 22.9 Å². The van der Waals surface area contributed by atoms with Crippen LogP contribution in [-0.4, -0.2) is 34.5 Å². The monoisotopic (exact) mass is 430 g/mol. The highest BCUT2D eigenvalue weighted by Gasteiger charge is 2.24. The van der Waals surface area contributed by atoms with Gasteiger partial charge in [-0.2, -0.15) is 0 Å². The largest absolute Gasteiger partial charge is 0.350 e. The molecule has 150 valence electrons. The maximum Gasteiger partial charge on any atom is 0.165 e. The van der Waals surface area contributed by atoms with E-state index in [4.69, 9.17) is 0 Å². The number of likely N-dealkylation sites (tertiary alicyclic amines) is 1. The Morgan fingerprint density at radius 2 is 2.10 bits per heavy atom. The molecule has 0 saturated carbocycles. The zero-order valence-corrected chi connectivity index (χ0v) is 17.5. The van der Waals surface area contributed by atoms with Gasteiger partial charge in [0.15, 0.2) is 5.82 Å². The van der Waals surface area contributed by atoms with Gasteiger partial charge < -0.3 is 10.2 Å². The van der Waals surface area contributed by atoms with Crippen molar-refractivity contribution < 1.29 is 8.78 Å². The molecule has 1 saturated heterocycles. The molecule has 4 aromatic rings. The van der Waals surface area contributed by atoms with Gasteiger partial charge in [0.25, 0.3) is 0 Å². The number of thiophene rings is 1. The number of likely N-dealkylation sites (N-methyl/N-ethyl adjacent to an activating group) is 1. The second kappa shape index (κ2) is 7.59. The van der Waals surface area contributed by atoms with Crippen LogP contribution >= 0.6 is 22.7 Å². The number of piperidine rings is 1. The number of hydrogen-bond donors (Lipinski definition) is 1. The SMILES string of the molecule is CCN1CCCC(c2cc3c(Nc4cc5ncsc5cc4F)c(F)cnc3s2)C1. The lowest BCUT2D eigenvalue weighted by Gasteiger charge is -2.31. The average molecular weight is 431 g/mol. The summed E-state index contributed by atoms with van der Waals surface area (Å²) in [6, 6.07) is 5.09. The summed E-state index contributed by atoms with van der Waals surface area (Å²) in [5, 5.41) is 3.68. The summed E-state index contributed by atoms with van der Waals surface area (Å²) in [6.07, 6.45) is 3.51. The van der Waals surface area contributed by atoms with Crippen molar-refractivity contribution in [3.8, 4) is 0 Å². The number of thiazole rings is 1. The number of benzene rings is 1. The molecular formula is C21H20F2N4S2. The second-order valence-electron chi connectivity index (χ2n) is 7.36. The van der Waals surface area contributed by atoms with E-state index in [1.807, 2.05) is 6.07 Å². The van der Waals surface area contributed by atoms with Crippen LogP contribution in [0.25, 0.3) is 20.4 Å². The molecule has 0 spiro atoms. The predicted octanol–water partition coefficient (Wildman–Crippen LogP) is 6.13. The van der Waals surface area contributed by atoms with Gasteiger partial charge in [-0.3, -0.25) is 0 Å². The van der Waals surface area contributed by atoms with Gasteiger partial charge in [0.2, 0.25) is 0 Å². The Hall–Kier alpha value is -2.16. The molecule has 1 atom stereocenters. The fourth-order valence-electron chi connectivity index (χ4n) is 4.00. The lowest BCUT2D eigenvalue weighted by atomic mass is 9.96. The van der Waals surface area contributed by atoms with E-state index in [0.717, 1.165) is 35.6 Å². The van der Waals surface area contributed by atoms with Gasteiger partial charge in [-0.1, -0.05) is 6.92 Å². The Labute approximate surface area is 175 Å². The molecule has 0 bridgehead atoms. The molecular weight excluding hydrogens is 410 g/mol. The van der Waals surface area contributed by atoms with Crippen molar-refractivity contribution in [1.82, 2.24) is 14.9 Å². The van der Waals surface area contributed by atoms with Gasteiger partial charge >= 0.3 is 0 Å². The van der Waals surface area contributed by atoms with Gasteiger partial charge in [0.1, 0.15) is 10.6 Å². The molecule has 0 aliphatic carbocycles. The Balaban J connectivity index is 1.53. The highest BCUT2D eigenvalue weighted by atomic mass is 32.1. The fraction of sp³-hybridized carbons (Fsp3) is 0.333. The quantitative estimate of drug-likeness (QED) is 0.423. The number of anilines is 2. The van der Waals surface area contributed by atoms with Crippen molar-refractivity contribution in [3.05, 3.63) is 46.4 Å². The first-order valence-corrected chi connectivity index (χ1v) is 11.4. The average Bonchev–Trinajstić information content (AvgIpc) is 3.37. The number of rotatable bonds is 4. The molecule has 1 N–H and O–H groups in total. The minimum absolute atomic E-state index is 0.220. The van der Waals surface area contributed by atoms with Crippen LogP contribution in [0.15, 0.2) is 29.9 Å². The first-order chi connectivity index (χ1) is 14.1. The van der Waals surface area contributed by atoms with Crippen molar-refractivity contribution in [2.24, 2.45) is 0 Å². The highest BCUT2D eigenvalue weighted by Crippen LogP contribution is 2.39. The summed E-state index contributed by atoms with van der Waals surface area (Å²) in [7, 11) is 0. The smallest absolute Gasteiger partial charge is 0.165 e. The molecule has 1 aliphatic rings. The van der Waals surface area contributed by atoms with E-state index in [0.29, 0.717) is 16.8 Å². The fourth-order valence-corrected chi connectivity index (χ4v) is 5.82. The predicted molar refractivity (Wildman–Crippen MR) is 117 cm³/mol. The third-order valence-electron chi connectivity index (χ3n) is 5.57. The van der Waals surface area contributed by atoms with Crippen LogP contribution in [0.5, 0.6) is 0 Å². The van der Waals surface area contributed by atoms with Crippen LogP contribution in [0.1, 0.15) is 30.6 Å². The molecule has 29 heavy (non-hydrogen) atoms. The minimum Gasteiger partial charge on any atom is -0.350 e. The van der Waals surface area contributed by atoms with Crippen molar-refractivity contribution >= 4 is 54.5 Å².